The highest BCUT2D eigenvalue weighted by Gasteiger charge is 2.23. The number of halogens is 1. The Morgan fingerprint density at radius 1 is 0.946 bits per heavy atom. The SMILES string of the molecule is CC(C)CC(=O)N1CCCCCCCN(C(=O)Cc2scnc2-c2ccc(F)cc2)Cc2ccccc21. The van der Waals surface area contributed by atoms with Gasteiger partial charge in [0.25, 0.3) is 0 Å². The highest BCUT2D eigenvalue weighted by Crippen LogP contribution is 2.29. The number of amides is 2. The van der Waals surface area contributed by atoms with Crippen LogP contribution in [0, 0.1) is 11.7 Å². The molecule has 0 unspecified atom stereocenters. The molecule has 7 heteroatoms. The van der Waals surface area contributed by atoms with Crippen molar-refractivity contribution >= 4 is 28.8 Å². The summed E-state index contributed by atoms with van der Waals surface area (Å²) in [6.45, 7) is 5.99. The van der Waals surface area contributed by atoms with Gasteiger partial charge in [-0.3, -0.25) is 9.59 Å². The van der Waals surface area contributed by atoms with E-state index in [1.807, 2.05) is 34.1 Å². The number of benzene rings is 2. The zero-order chi connectivity index (χ0) is 26.2. The van der Waals surface area contributed by atoms with Gasteiger partial charge in [0.05, 0.1) is 17.6 Å². The zero-order valence-corrected chi connectivity index (χ0v) is 22.6. The second kappa shape index (κ2) is 13.0. The van der Waals surface area contributed by atoms with Crippen LogP contribution in [0.3, 0.4) is 0 Å². The van der Waals surface area contributed by atoms with Gasteiger partial charge in [0.1, 0.15) is 5.82 Å². The summed E-state index contributed by atoms with van der Waals surface area (Å²) in [5, 5.41) is 0. The number of thiazole rings is 1. The summed E-state index contributed by atoms with van der Waals surface area (Å²) in [6.07, 6.45) is 5.93. The van der Waals surface area contributed by atoms with E-state index in [0.29, 0.717) is 26.1 Å². The molecule has 0 N–H and O–H groups in total. The van der Waals surface area contributed by atoms with Crippen molar-refractivity contribution in [3.05, 3.63) is 70.3 Å². The molecule has 4 rings (SSSR count). The Kier molecular flexibility index (Phi) is 9.45. The van der Waals surface area contributed by atoms with Crippen LogP contribution in [0.2, 0.25) is 0 Å². The summed E-state index contributed by atoms with van der Waals surface area (Å²) in [4.78, 5) is 36.1. The molecule has 3 aromatic rings. The number of anilines is 1. The molecule has 0 fully saturated rings. The number of fused-ring (bicyclic) bond motifs is 1. The molecule has 0 saturated heterocycles. The van der Waals surface area contributed by atoms with Gasteiger partial charge in [-0.2, -0.15) is 0 Å². The van der Waals surface area contributed by atoms with Crippen molar-refractivity contribution in [3.8, 4) is 11.3 Å². The Hall–Kier alpha value is -3.06. The van der Waals surface area contributed by atoms with Crippen LogP contribution >= 0.6 is 11.3 Å². The summed E-state index contributed by atoms with van der Waals surface area (Å²) < 4.78 is 13.4. The first-order chi connectivity index (χ1) is 17.9. The topological polar surface area (TPSA) is 53.5 Å². The summed E-state index contributed by atoms with van der Waals surface area (Å²) in [5.74, 6) is 0.176. The first kappa shape index (κ1) is 27.0. The van der Waals surface area contributed by atoms with E-state index in [2.05, 4.69) is 18.8 Å². The van der Waals surface area contributed by atoms with Gasteiger partial charge in [0.2, 0.25) is 11.8 Å². The number of rotatable bonds is 5. The van der Waals surface area contributed by atoms with Crippen molar-refractivity contribution in [2.45, 2.75) is 65.3 Å². The van der Waals surface area contributed by atoms with Crippen LogP contribution in [0.5, 0.6) is 0 Å². The number of hydrogen-bond donors (Lipinski definition) is 0. The number of aromatic nitrogens is 1. The summed E-state index contributed by atoms with van der Waals surface area (Å²) in [5.41, 5.74) is 5.20. The molecule has 0 radical (unpaired) electrons. The highest BCUT2D eigenvalue weighted by molar-refractivity contribution is 7.10. The second-order valence-corrected chi connectivity index (χ2v) is 11.1. The lowest BCUT2D eigenvalue weighted by atomic mass is 10.0. The third-order valence-corrected chi connectivity index (χ3v) is 7.59. The van der Waals surface area contributed by atoms with Crippen molar-refractivity contribution in [2.75, 3.05) is 18.0 Å². The number of para-hydroxylation sites is 1. The van der Waals surface area contributed by atoms with Crippen molar-refractivity contribution in [1.29, 1.82) is 0 Å². The minimum absolute atomic E-state index is 0.0412. The monoisotopic (exact) mass is 521 g/mol. The van der Waals surface area contributed by atoms with Crippen LogP contribution in [0.4, 0.5) is 10.1 Å². The molecule has 0 aliphatic carbocycles. The average molecular weight is 522 g/mol. The Labute approximate surface area is 223 Å². The molecular weight excluding hydrogens is 485 g/mol. The molecular formula is C30H36FN3O2S. The lowest BCUT2D eigenvalue weighted by Gasteiger charge is -2.30. The summed E-state index contributed by atoms with van der Waals surface area (Å²) in [6, 6.07) is 14.2. The maximum Gasteiger partial charge on any atom is 0.228 e. The maximum atomic E-state index is 13.7. The molecule has 0 bridgehead atoms. The first-order valence-electron chi connectivity index (χ1n) is 13.3. The molecule has 0 saturated carbocycles. The Bertz CT molecular complexity index is 1190. The number of carbonyl (C=O) groups is 2. The van der Waals surface area contributed by atoms with Crippen LogP contribution in [0.1, 0.15) is 62.8 Å². The quantitative estimate of drug-likeness (QED) is 0.368. The van der Waals surface area contributed by atoms with Crippen molar-refractivity contribution < 1.29 is 14.0 Å². The number of nitrogens with zero attached hydrogens (tertiary/aromatic N) is 3. The maximum absolute atomic E-state index is 13.7. The van der Waals surface area contributed by atoms with Crippen molar-refractivity contribution in [1.82, 2.24) is 9.88 Å². The van der Waals surface area contributed by atoms with Crippen LogP contribution in [0.15, 0.2) is 54.0 Å². The predicted molar refractivity (Wildman–Crippen MR) is 148 cm³/mol. The van der Waals surface area contributed by atoms with Gasteiger partial charge in [0, 0.05) is 42.2 Å². The van der Waals surface area contributed by atoms with E-state index in [0.717, 1.165) is 59.5 Å². The molecule has 0 atom stereocenters. The molecule has 2 aromatic carbocycles. The van der Waals surface area contributed by atoms with E-state index in [9.17, 15) is 14.0 Å². The third kappa shape index (κ3) is 7.25. The normalized spacial score (nSPS) is 15.1. The van der Waals surface area contributed by atoms with Gasteiger partial charge < -0.3 is 9.80 Å². The Morgan fingerprint density at radius 2 is 1.65 bits per heavy atom. The lowest BCUT2D eigenvalue weighted by molar-refractivity contribution is -0.131. The molecule has 5 nitrogen and oxygen atoms in total. The molecule has 196 valence electrons. The second-order valence-electron chi connectivity index (χ2n) is 10.2. The largest absolute Gasteiger partial charge is 0.338 e. The Balaban J connectivity index is 1.59. The van der Waals surface area contributed by atoms with Crippen molar-refractivity contribution in [2.24, 2.45) is 5.92 Å². The smallest absolute Gasteiger partial charge is 0.228 e. The van der Waals surface area contributed by atoms with Crippen LogP contribution in [0.25, 0.3) is 11.3 Å². The minimum atomic E-state index is -0.296. The van der Waals surface area contributed by atoms with Gasteiger partial charge in [-0.05, 0) is 54.7 Å². The lowest BCUT2D eigenvalue weighted by Crippen LogP contribution is -2.36. The molecule has 2 heterocycles. The third-order valence-electron chi connectivity index (χ3n) is 6.76. The van der Waals surface area contributed by atoms with Gasteiger partial charge in [0.15, 0.2) is 0 Å². The fourth-order valence-corrected chi connectivity index (χ4v) is 5.61. The predicted octanol–water partition coefficient (Wildman–Crippen LogP) is 6.86. The van der Waals surface area contributed by atoms with Crippen molar-refractivity contribution in [3.63, 3.8) is 0 Å². The average Bonchev–Trinajstić information content (AvgIpc) is 3.32. The fraction of sp³-hybridized carbons (Fsp3) is 0.433. The van der Waals surface area contributed by atoms with Gasteiger partial charge in [-0.1, -0.05) is 51.3 Å². The molecule has 1 aromatic heterocycles. The molecule has 37 heavy (non-hydrogen) atoms. The molecule has 0 spiro atoms. The molecule has 2 amide bonds. The molecule has 1 aliphatic rings. The summed E-state index contributed by atoms with van der Waals surface area (Å²) >= 11 is 1.45. The number of carbonyl (C=O) groups excluding carboxylic acids is 2. The summed E-state index contributed by atoms with van der Waals surface area (Å²) in [7, 11) is 0. The van der Waals surface area contributed by atoms with E-state index < -0.39 is 0 Å². The van der Waals surface area contributed by atoms with E-state index >= 15 is 0 Å². The fourth-order valence-electron chi connectivity index (χ4n) is 4.84. The first-order valence-corrected chi connectivity index (χ1v) is 14.1. The van der Waals surface area contributed by atoms with E-state index in [-0.39, 0.29) is 30.0 Å². The Morgan fingerprint density at radius 3 is 2.41 bits per heavy atom. The van der Waals surface area contributed by atoms with E-state index in [4.69, 9.17) is 0 Å². The van der Waals surface area contributed by atoms with Crippen LogP contribution in [-0.2, 0) is 22.6 Å². The van der Waals surface area contributed by atoms with Gasteiger partial charge in [-0.25, -0.2) is 9.37 Å². The van der Waals surface area contributed by atoms with Crippen LogP contribution in [-0.4, -0.2) is 34.8 Å². The number of hydrogen-bond acceptors (Lipinski definition) is 4. The van der Waals surface area contributed by atoms with E-state index in [1.165, 1.54) is 23.5 Å². The van der Waals surface area contributed by atoms with Crippen LogP contribution < -0.4 is 4.90 Å². The standard InChI is InChI=1S/C30H36FN3O2S/c1-22(2)18-29(36)34-17-9-5-3-4-8-16-33(20-24-10-6-7-11-26(24)34)28(35)19-27-30(32-21-37-27)23-12-14-25(31)15-13-23/h6-7,10-15,21-22H,3-5,8-9,16-20H2,1-2H3. The molecule has 1 aliphatic heterocycles. The van der Waals surface area contributed by atoms with Gasteiger partial charge in [-0.15, -0.1) is 11.3 Å². The minimum Gasteiger partial charge on any atom is -0.338 e. The highest BCUT2D eigenvalue weighted by atomic mass is 32.1. The zero-order valence-electron chi connectivity index (χ0n) is 21.8. The van der Waals surface area contributed by atoms with Gasteiger partial charge >= 0.3 is 0 Å². The van der Waals surface area contributed by atoms with E-state index in [1.54, 1.807) is 17.6 Å².